The first-order chi connectivity index (χ1) is 22.0. The Labute approximate surface area is 249 Å². The highest BCUT2D eigenvalue weighted by molar-refractivity contribution is 6.22. The second-order valence-corrected chi connectivity index (χ2v) is 10.6. The first-order valence-corrected chi connectivity index (χ1v) is 14.2. The third-order valence-corrected chi connectivity index (χ3v) is 8.19. The van der Waals surface area contributed by atoms with Gasteiger partial charge in [0, 0.05) is 9.80 Å². The van der Waals surface area contributed by atoms with E-state index >= 15 is 0 Å². The van der Waals surface area contributed by atoms with Crippen molar-refractivity contribution in [1.29, 1.82) is 0 Å². The molecule has 8 aromatic rings. The van der Waals surface area contributed by atoms with Crippen LogP contribution in [0.5, 0.6) is 0 Å². The highest BCUT2D eigenvalue weighted by Crippen LogP contribution is 2.46. The molecule has 0 N–H and O–H groups in total. The number of fused-ring (bicyclic) bond motifs is 3. The van der Waals surface area contributed by atoms with Gasteiger partial charge >= 0.3 is 0 Å². The van der Waals surface area contributed by atoms with Crippen LogP contribution in [0, 0.1) is 6.85 Å². The summed E-state index contributed by atoms with van der Waals surface area (Å²) in [5.41, 5.74) is 9.21. The van der Waals surface area contributed by atoms with Gasteiger partial charge < -0.3 is 0 Å². The molecular formula is C40H28N2. The zero-order valence-corrected chi connectivity index (χ0v) is 22.8. The van der Waals surface area contributed by atoms with Crippen molar-refractivity contribution in [2.45, 2.75) is 6.85 Å². The van der Waals surface area contributed by atoms with E-state index in [9.17, 15) is 0 Å². The maximum absolute atomic E-state index is 8.16. The Morgan fingerprint density at radius 1 is 0.476 bits per heavy atom. The van der Waals surface area contributed by atoms with Gasteiger partial charge in [0.25, 0.3) is 0 Å². The Morgan fingerprint density at radius 3 is 1.69 bits per heavy atom. The molecule has 42 heavy (non-hydrogen) atoms. The molecule has 8 rings (SSSR count). The monoisotopic (exact) mass is 539 g/mol. The van der Waals surface area contributed by atoms with Gasteiger partial charge in [-0.3, -0.25) is 4.57 Å². The Morgan fingerprint density at radius 2 is 1.02 bits per heavy atom. The first kappa shape index (κ1) is 21.3. The van der Waals surface area contributed by atoms with Gasteiger partial charge in [0.2, 0.25) is 0 Å². The van der Waals surface area contributed by atoms with Gasteiger partial charge in [-0.2, -0.15) is 0 Å². The summed E-state index contributed by atoms with van der Waals surface area (Å²) < 4.78 is 26.2. The summed E-state index contributed by atoms with van der Waals surface area (Å²) >= 11 is 0. The van der Waals surface area contributed by atoms with E-state index in [0.717, 1.165) is 33.1 Å². The largest absolute Gasteiger partial charge is 0.297 e. The topological polar surface area (TPSA) is 17.8 Å². The molecule has 2 heteroatoms. The van der Waals surface area contributed by atoms with Gasteiger partial charge in [-0.15, -0.1) is 0 Å². The van der Waals surface area contributed by atoms with Gasteiger partial charge in [0.15, 0.2) is 0 Å². The highest BCUT2D eigenvalue weighted by atomic mass is 15.1. The third kappa shape index (κ3) is 3.84. The van der Waals surface area contributed by atoms with Crippen molar-refractivity contribution in [3.63, 3.8) is 0 Å². The normalized spacial score (nSPS) is 12.8. The van der Waals surface area contributed by atoms with E-state index in [-0.39, 0.29) is 5.82 Å². The van der Waals surface area contributed by atoms with E-state index in [4.69, 9.17) is 4.11 Å². The number of benzene rings is 7. The van der Waals surface area contributed by atoms with Crippen LogP contribution in [0.3, 0.4) is 0 Å². The summed E-state index contributed by atoms with van der Waals surface area (Å²) in [6, 6.07) is 52.2. The molecule has 0 atom stereocenters. The molecule has 7 aromatic carbocycles. The van der Waals surface area contributed by atoms with Crippen LogP contribution < -0.4 is 0 Å². The number of hydrogen-bond acceptors (Lipinski definition) is 1. The van der Waals surface area contributed by atoms with E-state index in [1.807, 2.05) is 36.4 Å². The average Bonchev–Trinajstić information content (AvgIpc) is 3.48. The van der Waals surface area contributed by atoms with Gasteiger partial charge in [-0.1, -0.05) is 127 Å². The predicted molar refractivity (Wildman–Crippen MR) is 177 cm³/mol. The molecule has 0 fully saturated rings. The number of aromatic nitrogens is 2. The van der Waals surface area contributed by atoms with E-state index in [1.165, 1.54) is 33.0 Å². The van der Waals surface area contributed by atoms with Crippen LogP contribution in [0.15, 0.2) is 152 Å². The number of rotatable bonds is 4. The van der Waals surface area contributed by atoms with E-state index in [2.05, 4.69) is 120 Å². The quantitative estimate of drug-likeness (QED) is 0.203. The fourth-order valence-electron chi connectivity index (χ4n) is 6.36. The smallest absolute Gasteiger partial charge is 0.111 e. The molecule has 0 unspecified atom stereocenters. The summed E-state index contributed by atoms with van der Waals surface area (Å²) in [5, 5.41) is 4.70. The standard InChI is InChI=1S/C40H28N2/c1-27-41-37-21-11-12-22-38(37)42(27)30-25-23-29(24-26-30)39-33-17-7-9-19-35(33)40(36-20-10-8-18-34(36)39)32-16-6-5-15-31(32)28-13-3-2-4-14-28/h2-26H,1H3/i1D3. The van der Waals surface area contributed by atoms with Gasteiger partial charge in [0.1, 0.15) is 5.82 Å². The van der Waals surface area contributed by atoms with E-state index in [0.29, 0.717) is 5.52 Å². The van der Waals surface area contributed by atoms with Crippen LogP contribution in [-0.2, 0) is 0 Å². The molecule has 1 heterocycles. The van der Waals surface area contributed by atoms with Crippen molar-refractivity contribution in [1.82, 2.24) is 9.55 Å². The lowest BCUT2D eigenvalue weighted by Crippen LogP contribution is -1.97. The van der Waals surface area contributed by atoms with Crippen molar-refractivity contribution in [3.05, 3.63) is 157 Å². The molecule has 0 aliphatic carbocycles. The molecule has 2 nitrogen and oxygen atoms in total. The second kappa shape index (κ2) is 9.87. The molecule has 0 saturated heterocycles. The number of para-hydroxylation sites is 2. The fourth-order valence-corrected chi connectivity index (χ4v) is 6.36. The van der Waals surface area contributed by atoms with Crippen molar-refractivity contribution < 1.29 is 4.11 Å². The Balaban J connectivity index is 1.36. The summed E-state index contributed by atoms with van der Waals surface area (Å²) in [7, 11) is 0. The van der Waals surface area contributed by atoms with Crippen LogP contribution >= 0.6 is 0 Å². The molecule has 198 valence electrons. The minimum absolute atomic E-state index is 0.0637. The van der Waals surface area contributed by atoms with E-state index < -0.39 is 6.85 Å². The highest BCUT2D eigenvalue weighted by Gasteiger charge is 2.19. The maximum Gasteiger partial charge on any atom is 0.111 e. The zero-order valence-electron chi connectivity index (χ0n) is 25.8. The predicted octanol–water partition coefficient (Wildman–Crippen LogP) is 10.6. The maximum atomic E-state index is 8.16. The lowest BCUT2D eigenvalue weighted by atomic mass is 9.84. The number of imidazole rings is 1. The fraction of sp³-hybridized carbons (Fsp3) is 0.0250. The van der Waals surface area contributed by atoms with E-state index in [1.54, 1.807) is 4.57 Å². The van der Waals surface area contributed by atoms with Crippen molar-refractivity contribution in [2.24, 2.45) is 0 Å². The summed E-state index contributed by atoms with van der Waals surface area (Å²) in [5.74, 6) is 0.0637. The second-order valence-electron chi connectivity index (χ2n) is 10.6. The minimum atomic E-state index is -2.35. The molecule has 0 saturated carbocycles. The lowest BCUT2D eigenvalue weighted by molar-refractivity contribution is 1.00. The van der Waals surface area contributed by atoms with Crippen molar-refractivity contribution in [2.75, 3.05) is 0 Å². The molecule has 0 aliphatic heterocycles. The van der Waals surface area contributed by atoms with Gasteiger partial charge in [0.05, 0.1) is 11.0 Å². The summed E-state index contributed by atoms with van der Waals surface area (Å²) in [6.07, 6.45) is 0. The molecule has 0 radical (unpaired) electrons. The van der Waals surface area contributed by atoms with Crippen LogP contribution in [0.4, 0.5) is 0 Å². The summed E-state index contributed by atoms with van der Waals surface area (Å²) in [6.45, 7) is -2.35. The lowest BCUT2D eigenvalue weighted by Gasteiger charge is -2.20. The number of nitrogens with zero attached hydrogens (tertiary/aromatic N) is 2. The minimum Gasteiger partial charge on any atom is -0.297 e. The molecule has 1 aromatic heterocycles. The molecule has 0 spiro atoms. The van der Waals surface area contributed by atoms with Crippen molar-refractivity contribution in [3.8, 4) is 39.1 Å². The molecule has 0 bridgehead atoms. The average molecular weight is 540 g/mol. The van der Waals surface area contributed by atoms with Gasteiger partial charge in [-0.05, 0) is 86.0 Å². The van der Waals surface area contributed by atoms with Crippen LogP contribution in [0.1, 0.15) is 9.94 Å². The zero-order chi connectivity index (χ0) is 30.5. The number of hydrogen-bond donors (Lipinski definition) is 0. The first-order valence-electron chi connectivity index (χ1n) is 15.7. The van der Waals surface area contributed by atoms with Crippen LogP contribution in [-0.4, -0.2) is 9.55 Å². The SMILES string of the molecule is [2H]C([2H])([2H])c1nc2ccccc2n1-c1ccc(-c2c3ccccc3c(-c3ccccc3-c3ccccc3)c3ccccc23)cc1. The molecule has 0 aliphatic rings. The third-order valence-electron chi connectivity index (χ3n) is 8.19. The Kier molecular flexibility index (Phi) is 5.00. The van der Waals surface area contributed by atoms with Crippen LogP contribution in [0.25, 0.3) is 71.6 Å². The Bertz CT molecular complexity index is 2290. The van der Waals surface area contributed by atoms with Crippen molar-refractivity contribution >= 4 is 32.6 Å². The molecule has 0 amide bonds. The molecular weight excluding hydrogens is 508 g/mol. The van der Waals surface area contributed by atoms with Crippen LogP contribution in [0.2, 0.25) is 0 Å². The van der Waals surface area contributed by atoms with Gasteiger partial charge in [-0.25, -0.2) is 4.98 Å². The number of aryl methyl sites for hydroxylation is 1. The summed E-state index contributed by atoms with van der Waals surface area (Å²) in [4.78, 5) is 4.49. The Hall–Kier alpha value is -5.47.